The molecule has 0 spiro atoms. The summed E-state index contributed by atoms with van der Waals surface area (Å²) in [6, 6.07) is 0. The van der Waals surface area contributed by atoms with Gasteiger partial charge in [-0.1, -0.05) is 27.7 Å². The third-order valence-corrected chi connectivity index (χ3v) is 4.12. The Kier molecular flexibility index (Phi) is 6.03. The number of rotatable bonds is 5. The molecule has 2 N–H and O–H groups in total. The van der Waals surface area contributed by atoms with E-state index in [-0.39, 0.29) is 23.8 Å². The van der Waals surface area contributed by atoms with Gasteiger partial charge in [-0.2, -0.15) is 0 Å². The number of aliphatic carboxylic acids is 1. The van der Waals surface area contributed by atoms with E-state index in [0.29, 0.717) is 12.3 Å². The zero-order chi connectivity index (χ0) is 15.3. The maximum Gasteiger partial charge on any atom is 0.308 e. The van der Waals surface area contributed by atoms with Crippen LogP contribution >= 0.6 is 0 Å². The first kappa shape index (κ1) is 17.0. The highest BCUT2D eigenvalue weighted by atomic mass is 16.4. The number of carboxylic acids is 1. The molecule has 1 fully saturated rings. The first-order chi connectivity index (χ1) is 9.19. The molecule has 1 aliphatic rings. The van der Waals surface area contributed by atoms with Crippen molar-refractivity contribution in [2.24, 2.45) is 23.2 Å². The minimum absolute atomic E-state index is 0.0389. The summed E-state index contributed by atoms with van der Waals surface area (Å²) in [7, 11) is 0. The molecule has 1 saturated carbocycles. The highest BCUT2D eigenvalue weighted by molar-refractivity contribution is 5.79. The number of carbonyl (C=O) groups is 2. The zero-order valence-corrected chi connectivity index (χ0v) is 13.2. The largest absolute Gasteiger partial charge is 0.481 e. The molecule has 1 aliphatic carbocycles. The quantitative estimate of drug-likeness (QED) is 0.815. The molecule has 4 heteroatoms. The molecule has 1 unspecified atom stereocenters. The molecular weight excluding hydrogens is 254 g/mol. The Hall–Kier alpha value is -1.06. The number of hydrogen-bond donors (Lipinski definition) is 2. The lowest BCUT2D eigenvalue weighted by molar-refractivity contribution is -0.142. The van der Waals surface area contributed by atoms with Gasteiger partial charge in [0.2, 0.25) is 5.91 Å². The van der Waals surface area contributed by atoms with E-state index >= 15 is 0 Å². The fourth-order valence-corrected chi connectivity index (χ4v) is 2.88. The predicted molar refractivity (Wildman–Crippen MR) is 79.3 cm³/mol. The first-order valence-corrected chi connectivity index (χ1v) is 7.69. The van der Waals surface area contributed by atoms with Crippen LogP contribution in [-0.2, 0) is 9.59 Å². The highest BCUT2D eigenvalue weighted by Gasteiger charge is 2.28. The fourth-order valence-electron chi connectivity index (χ4n) is 2.88. The SMILES string of the molecule is CC1CCC(C(=O)NCC(CC(C)(C)C)C(=O)O)CC1. The average molecular weight is 283 g/mol. The van der Waals surface area contributed by atoms with Crippen LogP contribution in [0.1, 0.15) is 59.8 Å². The number of carbonyl (C=O) groups excluding carboxylic acids is 1. The maximum absolute atomic E-state index is 12.1. The van der Waals surface area contributed by atoms with Crippen LogP contribution in [-0.4, -0.2) is 23.5 Å². The lowest BCUT2D eigenvalue weighted by Gasteiger charge is -2.27. The van der Waals surface area contributed by atoms with E-state index in [4.69, 9.17) is 0 Å². The van der Waals surface area contributed by atoms with Crippen molar-refractivity contribution in [2.75, 3.05) is 6.54 Å². The van der Waals surface area contributed by atoms with Crippen LogP contribution in [0.2, 0.25) is 0 Å². The molecular formula is C16H29NO3. The minimum atomic E-state index is -0.822. The van der Waals surface area contributed by atoms with E-state index in [1.54, 1.807) is 0 Å². The molecule has 4 nitrogen and oxygen atoms in total. The Morgan fingerprint density at radius 3 is 2.20 bits per heavy atom. The summed E-state index contributed by atoms with van der Waals surface area (Å²) in [6.07, 6.45) is 4.64. The Morgan fingerprint density at radius 1 is 1.20 bits per heavy atom. The van der Waals surface area contributed by atoms with Crippen LogP contribution in [0, 0.1) is 23.2 Å². The van der Waals surface area contributed by atoms with Gasteiger partial charge >= 0.3 is 5.97 Å². The van der Waals surface area contributed by atoms with Gasteiger partial charge in [0.05, 0.1) is 5.92 Å². The molecule has 0 aromatic rings. The summed E-state index contributed by atoms with van der Waals surface area (Å²) in [5, 5.41) is 12.1. The molecule has 0 aliphatic heterocycles. The van der Waals surface area contributed by atoms with Crippen molar-refractivity contribution in [3.8, 4) is 0 Å². The van der Waals surface area contributed by atoms with Gasteiger partial charge in [-0.15, -0.1) is 0 Å². The number of hydrogen-bond acceptors (Lipinski definition) is 2. The van der Waals surface area contributed by atoms with E-state index in [1.807, 2.05) is 20.8 Å². The van der Waals surface area contributed by atoms with E-state index < -0.39 is 11.9 Å². The standard InChI is InChI=1S/C16H29NO3/c1-11-5-7-12(8-6-11)14(18)17-10-13(15(19)20)9-16(2,3)4/h11-13H,5-10H2,1-4H3,(H,17,18)(H,19,20). The molecule has 0 saturated heterocycles. The molecule has 0 aromatic carbocycles. The minimum Gasteiger partial charge on any atom is -0.481 e. The summed E-state index contributed by atoms with van der Waals surface area (Å²) in [4.78, 5) is 23.4. The van der Waals surface area contributed by atoms with Crippen molar-refractivity contribution in [1.82, 2.24) is 5.32 Å². The Bertz CT molecular complexity index is 338. The molecule has 20 heavy (non-hydrogen) atoms. The molecule has 1 amide bonds. The monoisotopic (exact) mass is 283 g/mol. The molecule has 0 bridgehead atoms. The van der Waals surface area contributed by atoms with Crippen LogP contribution in [0.15, 0.2) is 0 Å². The summed E-state index contributed by atoms with van der Waals surface area (Å²) in [5.74, 6) is -0.488. The predicted octanol–water partition coefficient (Wildman–Crippen LogP) is 3.07. The summed E-state index contributed by atoms with van der Waals surface area (Å²) in [5.41, 5.74) is -0.0476. The third-order valence-electron chi connectivity index (χ3n) is 4.12. The van der Waals surface area contributed by atoms with Crippen LogP contribution in [0.25, 0.3) is 0 Å². The smallest absolute Gasteiger partial charge is 0.308 e. The molecule has 1 atom stereocenters. The lowest BCUT2D eigenvalue weighted by atomic mass is 9.82. The molecule has 0 radical (unpaired) electrons. The lowest BCUT2D eigenvalue weighted by Crippen LogP contribution is -2.39. The van der Waals surface area contributed by atoms with Crippen LogP contribution in [0.5, 0.6) is 0 Å². The fraction of sp³-hybridized carbons (Fsp3) is 0.875. The van der Waals surface area contributed by atoms with Gasteiger partial charge in [0.15, 0.2) is 0 Å². The summed E-state index contributed by atoms with van der Waals surface area (Å²) >= 11 is 0. The van der Waals surface area contributed by atoms with Crippen molar-refractivity contribution in [3.05, 3.63) is 0 Å². The summed E-state index contributed by atoms with van der Waals surface area (Å²) < 4.78 is 0. The topological polar surface area (TPSA) is 66.4 Å². The van der Waals surface area contributed by atoms with Crippen LogP contribution in [0.4, 0.5) is 0 Å². The normalized spacial score (nSPS) is 25.0. The van der Waals surface area contributed by atoms with E-state index in [2.05, 4.69) is 12.2 Å². The van der Waals surface area contributed by atoms with E-state index in [0.717, 1.165) is 25.7 Å². The molecule has 0 heterocycles. The second-order valence-electron chi connectivity index (χ2n) is 7.50. The molecule has 116 valence electrons. The van der Waals surface area contributed by atoms with Crippen molar-refractivity contribution in [2.45, 2.75) is 59.8 Å². The van der Waals surface area contributed by atoms with Crippen molar-refractivity contribution < 1.29 is 14.7 Å². The van der Waals surface area contributed by atoms with Crippen LogP contribution < -0.4 is 5.32 Å². The van der Waals surface area contributed by atoms with Crippen molar-refractivity contribution in [3.63, 3.8) is 0 Å². The van der Waals surface area contributed by atoms with Gasteiger partial charge in [0, 0.05) is 12.5 Å². The van der Waals surface area contributed by atoms with Gasteiger partial charge < -0.3 is 10.4 Å². The Balaban J connectivity index is 2.43. The number of carboxylic acid groups (broad SMARTS) is 1. The Labute approximate surface area is 122 Å². The second-order valence-corrected chi connectivity index (χ2v) is 7.50. The summed E-state index contributed by atoms with van der Waals surface area (Å²) in [6.45, 7) is 8.53. The average Bonchev–Trinajstić information content (AvgIpc) is 2.33. The second kappa shape index (κ2) is 7.09. The van der Waals surface area contributed by atoms with Gasteiger partial charge in [-0.25, -0.2) is 0 Å². The molecule has 1 rings (SSSR count). The van der Waals surface area contributed by atoms with Gasteiger partial charge in [0.1, 0.15) is 0 Å². The Morgan fingerprint density at radius 2 is 1.75 bits per heavy atom. The molecule has 0 aromatic heterocycles. The number of nitrogens with one attached hydrogen (secondary N) is 1. The zero-order valence-electron chi connectivity index (χ0n) is 13.2. The van der Waals surface area contributed by atoms with Gasteiger partial charge in [-0.05, 0) is 43.4 Å². The van der Waals surface area contributed by atoms with Crippen molar-refractivity contribution >= 4 is 11.9 Å². The van der Waals surface area contributed by atoms with E-state index in [9.17, 15) is 14.7 Å². The van der Waals surface area contributed by atoms with E-state index in [1.165, 1.54) is 0 Å². The maximum atomic E-state index is 12.1. The van der Waals surface area contributed by atoms with Gasteiger partial charge in [0.25, 0.3) is 0 Å². The van der Waals surface area contributed by atoms with Crippen molar-refractivity contribution in [1.29, 1.82) is 0 Å². The number of amides is 1. The first-order valence-electron chi connectivity index (χ1n) is 7.69. The van der Waals surface area contributed by atoms with Crippen LogP contribution in [0.3, 0.4) is 0 Å². The highest BCUT2D eigenvalue weighted by Crippen LogP contribution is 2.28. The third kappa shape index (κ3) is 5.93. The van der Waals surface area contributed by atoms with Gasteiger partial charge in [-0.3, -0.25) is 9.59 Å².